The van der Waals surface area contributed by atoms with E-state index >= 15 is 0 Å². The SMILES string of the molecule is CCC(CC)Oc1ncccc1OC. The molecule has 0 spiro atoms. The molecule has 0 N–H and O–H groups in total. The lowest BCUT2D eigenvalue weighted by atomic mass is 10.2. The van der Waals surface area contributed by atoms with Crippen molar-refractivity contribution < 1.29 is 9.47 Å². The third-order valence-corrected chi connectivity index (χ3v) is 2.15. The van der Waals surface area contributed by atoms with E-state index in [2.05, 4.69) is 18.8 Å². The second-order valence-electron chi connectivity index (χ2n) is 3.07. The molecule has 0 radical (unpaired) electrons. The molecule has 1 heterocycles. The van der Waals surface area contributed by atoms with Gasteiger partial charge in [-0.15, -0.1) is 0 Å². The van der Waals surface area contributed by atoms with Crippen molar-refractivity contribution in [1.82, 2.24) is 4.98 Å². The van der Waals surface area contributed by atoms with Crippen LogP contribution in [0.15, 0.2) is 18.3 Å². The second-order valence-corrected chi connectivity index (χ2v) is 3.07. The molecule has 0 aliphatic carbocycles. The second kappa shape index (κ2) is 5.47. The van der Waals surface area contributed by atoms with Gasteiger partial charge in [0.15, 0.2) is 5.75 Å². The van der Waals surface area contributed by atoms with Gasteiger partial charge in [0.1, 0.15) is 6.10 Å². The maximum Gasteiger partial charge on any atom is 0.257 e. The van der Waals surface area contributed by atoms with E-state index in [0.717, 1.165) is 12.8 Å². The van der Waals surface area contributed by atoms with Gasteiger partial charge in [-0.3, -0.25) is 0 Å². The third kappa shape index (κ3) is 2.62. The standard InChI is InChI=1S/C11H17NO2/c1-4-9(5-2)14-11-10(13-3)7-6-8-12-11/h6-9H,4-5H2,1-3H3. The zero-order chi connectivity index (χ0) is 10.4. The van der Waals surface area contributed by atoms with Crippen LogP contribution in [0.3, 0.4) is 0 Å². The Morgan fingerprint density at radius 3 is 2.64 bits per heavy atom. The molecule has 0 atom stereocenters. The summed E-state index contributed by atoms with van der Waals surface area (Å²) in [5.41, 5.74) is 0. The Morgan fingerprint density at radius 1 is 1.36 bits per heavy atom. The number of aromatic nitrogens is 1. The Bertz CT molecular complexity index is 272. The van der Waals surface area contributed by atoms with Crippen LogP contribution in [0, 0.1) is 0 Å². The summed E-state index contributed by atoms with van der Waals surface area (Å²) < 4.78 is 10.8. The molecule has 14 heavy (non-hydrogen) atoms. The number of rotatable bonds is 5. The molecule has 0 saturated heterocycles. The van der Waals surface area contributed by atoms with Crippen molar-refractivity contribution in [1.29, 1.82) is 0 Å². The summed E-state index contributed by atoms with van der Waals surface area (Å²) >= 11 is 0. The first-order valence-corrected chi connectivity index (χ1v) is 4.97. The topological polar surface area (TPSA) is 31.4 Å². The number of methoxy groups -OCH3 is 1. The summed E-state index contributed by atoms with van der Waals surface area (Å²) in [6.45, 7) is 4.20. The first-order valence-electron chi connectivity index (χ1n) is 4.97. The molecule has 1 aromatic rings. The Morgan fingerprint density at radius 2 is 2.07 bits per heavy atom. The first kappa shape index (κ1) is 10.8. The van der Waals surface area contributed by atoms with Crippen molar-refractivity contribution in [3.8, 4) is 11.6 Å². The predicted octanol–water partition coefficient (Wildman–Crippen LogP) is 2.66. The van der Waals surface area contributed by atoms with Crippen LogP contribution >= 0.6 is 0 Å². The number of pyridine rings is 1. The van der Waals surface area contributed by atoms with Crippen molar-refractivity contribution in [3.63, 3.8) is 0 Å². The molecule has 3 nitrogen and oxygen atoms in total. The van der Waals surface area contributed by atoms with Gasteiger partial charge in [0.25, 0.3) is 5.88 Å². The van der Waals surface area contributed by atoms with E-state index in [9.17, 15) is 0 Å². The van der Waals surface area contributed by atoms with Crippen molar-refractivity contribution in [2.45, 2.75) is 32.8 Å². The van der Waals surface area contributed by atoms with Crippen LogP contribution in [0.25, 0.3) is 0 Å². The summed E-state index contributed by atoms with van der Waals surface area (Å²) in [4.78, 5) is 4.14. The smallest absolute Gasteiger partial charge is 0.257 e. The molecule has 1 rings (SSSR count). The molecule has 0 saturated carbocycles. The van der Waals surface area contributed by atoms with Gasteiger partial charge in [-0.1, -0.05) is 13.8 Å². The number of hydrogen-bond acceptors (Lipinski definition) is 3. The van der Waals surface area contributed by atoms with Crippen LogP contribution in [0.1, 0.15) is 26.7 Å². The van der Waals surface area contributed by atoms with E-state index in [0.29, 0.717) is 11.6 Å². The zero-order valence-electron chi connectivity index (χ0n) is 8.99. The van der Waals surface area contributed by atoms with Gasteiger partial charge in [-0.2, -0.15) is 0 Å². The maximum absolute atomic E-state index is 5.70. The van der Waals surface area contributed by atoms with Gasteiger partial charge < -0.3 is 9.47 Å². The lowest BCUT2D eigenvalue weighted by molar-refractivity contribution is 0.176. The fourth-order valence-electron chi connectivity index (χ4n) is 1.23. The highest BCUT2D eigenvalue weighted by atomic mass is 16.5. The fraction of sp³-hybridized carbons (Fsp3) is 0.545. The van der Waals surface area contributed by atoms with Crippen LogP contribution in [-0.4, -0.2) is 18.2 Å². The average molecular weight is 195 g/mol. The van der Waals surface area contributed by atoms with Gasteiger partial charge >= 0.3 is 0 Å². The Kier molecular flexibility index (Phi) is 4.23. The van der Waals surface area contributed by atoms with E-state index in [1.165, 1.54) is 0 Å². The largest absolute Gasteiger partial charge is 0.491 e. The quantitative estimate of drug-likeness (QED) is 0.723. The van der Waals surface area contributed by atoms with Gasteiger partial charge in [-0.05, 0) is 25.0 Å². The summed E-state index contributed by atoms with van der Waals surface area (Å²) in [5, 5.41) is 0. The fourth-order valence-corrected chi connectivity index (χ4v) is 1.23. The highest BCUT2D eigenvalue weighted by molar-refractivity contribution is 5.32. The molecule has 0 unspecified atom stereocenters. The average Bonchev–Trinajstić information content (AvgIpc) is 2.26. The molecule has 78 valence electrons. The molecule has 3 heteroatoms. The van der Waals surface area contributed by atoms with Crippen LogP contribution in [0.2, 0.25) is 0 Å². The molecule has 0 aromatic carbocycles. The van der Waals surface area contributed by atoms with Gasteiger partial charge in [0.2, 0.25) is 0 Å². The summed E-state index contributed by atoms with van der Waals surface area (Å²) in [6.07, 6.45) is 3.89. The summed E-state index contributed by atoms with van der Waals surface area (Å²) in [7, 11) is 1.62. The van der Waals surface area contributed by atoms with Crippen LogP contribution in [0.4, 0.5) is 0 Å². The van der Waals surface area contributed by atoms with E-state index in [4.69, 9.17) is 9.47 Å². The van der Waals surface area contributed by atoms with Crippen molar-refractivity contribution in [2.24, 2.45) is 0 Å². The van der Waals surface area contributed by atoms with Gasteiger partial charge in [0, 0.05) is 6.20 Å². The first-order chi connectivity index (χ1) is 6.81. The highest BCUT2D eigenvalue weighted by Crippen LogP contribution is 2.24. The number of hydrogen-bond donors (Lipinski definition) is 0. The molecule has 0 fully saturated rings. The molecule has 0 aliphatic heterocycles. The van der Waals surface area contributed by atoms with Crippen LogP contribution < -0.4 is 9.47 Å². The Hall–Kier alpha value is -1.25. The molecule has 0 aliphatic rings. The van der Waals surface area contributed by atoms with Crippen LogP contribution in [0.5, 0.6) is 11.6 Å². The van der Waals surface area contributed by atoms with Crippen molar-refractivity contribution in [2.75, 3.05) is 7.11 Å². The Balaban J connectivity index is 2.74. The minimum absolute atomic E-state index is 0.221. The lowest BCUT2D eigenvalue weighted by Crippen LogP contribution is -2.14. The predicted molar refractivity (Wildman–Crippen MR) is 55.8 cm³/mol. The van der Waals surface area contributed by atoms with Crippen molar-refractivity contribution in [3.05, 3.63) is 18.3 Å². The molecule has 0 bridgehead atoms. The number of ether oxygens (including phenoxy) is 2. The van der Waals surface area contributed by atoms with Crippen LogP contribution in [-0.2, 0) is 0 Å². The molecular formula is C11H17NO2. The van der Waals surface area contributed by atoms with Crippen molar-refractivity contribution >= 4 is 0 Å². The zero-order valence-corrected chi connectivity index (χ0v) is 8.99. The highest BCUT2D eigenvalue weighted by Gasteiger charge is 2.10. The molecular weight excluding hydrogens is 178 g/mol. The Labute approximate surface area is 85.1 Å². The lowest BCUT2D eigenvalue weighted by Gasteiger charge is -2.16. The van der Waals surface area contributed by atoms with Gasteiger partial charge in [0.05, 0.1) is 7.11 Å². The summed E-state index contributed by atoms with van der Waals surface area (Å²) in [5.74, 6) is 1.28. The van der Waals surface area contributed by atoms with E-state index in [-0.39, 0.29) is 6.10 Å². The minimum Gasteiger partial charge on any atom is -0.491 e. The van der Waals surface area contributed by atoms with Gasteiger partial charge in [-0.25, -0.2) is 4.98 Å². The molecule has 1 aromatic heterocycles. The number of nitrogens with zero attached hydrogens (tertiary/aromatic N) is 1. The van der Waals surface area contributed by atoms with E-state index in [1.54, 1.807) is 13.3 Å². The molecule has 0 amide bonds. The monoisotopic (exact) mass is 195 g/mol. The third-order valence-electron chi connectivity index (χ3n) is 2.15. The normalized spacial score (nSPS) is 10.3. The van der Waals surface area contributed by atoms with E-state index < -0.39 is 0 Å². The summed E-state index contributed by atoms with van der Waals surface area (Å²) in [6, 6.07) is 3.68. The maximum atomic E-state index is 5.70. The minimum atomic E-state index is 0.221. The van der Waals surface area contributed by atoms with E-state index in [1.807, 2.05) is 12.1 Å².